The number of methoxy groups -OCH3 is 2. The van der Waals surface area contributed by atoms with Gasteiger partial charge >= 0.3 is 0 Å². The summed E-state index contributed by atoms with van der Waals surface area (Å²) in [5.41, 5.74) is 0.503. The lowest BCUT2D eigenvalue weighted by Crippen LogP contribution is -2.43. The second-order valence-electron chi connectivity index (χ2n) is 4.77. The number of ether oxygens (including phenoxy) is 2. The minimum Gasteiger partial charge on any atom is -0.383 e. The molecule has 0 aliphatic heterocycles. The van der Waals surface area contributed by atoms with Gasteiger partial charge in [0.1, 0.15) is 0 Å². The minimum absolute atomic E-state index is 0.384. The predicted molar refractivity (Wildman–Crippen MR) is 62.1 cm³/mol. The van der Waals surface area contributed by atoms with Crippen LogP contribution in [-0.4, -0.2) is 40.0 Å². The van der Waals surface area contributed by atoms with Gasteiger partial charge in [0.15, 0.2) is 0 Å². The van der Waals surface area contributed by atoms with Gasteiger partial charge in [0.2, 0.25) is 0 Å². The van der Waals surface area contributed by atoms with Crippen molar-refractivity contribution < 1.29 is 9.47 Å². The summed E-state index contributed by atoms with van der Waals surface area (Å²) < 4.78 is 10.4. The van der Waals surface area contributed by atoms with Crippen molar-refractivity contribution in [2.45, 2.75) is 38.7 Å². The number of rotatable bonds is 8. The lowest BCUT2D eigenvalue weighted by Gasteiger charge is -2.43. The van der Waals surface area contributed by atoms with Crippen LogP contribution in [0.25, 0.3) is 0 Å². The Kier molecular flexibility index (Phi) is 5.58. The van der Waals surface area contributed by atoms with Crippen molar-refractivity contribution in [2.24, 2.45) is 5.41 Å². The molecule has 1 aliphatic rings. The smallest absolute Gasteiger partial charge is 0.0587 e. The molecule has 0 heterocycles. The van der Waals surface area contributed by atoms with Crippen LogP contribution in [0.15, 0.2) is 0 Å². The largest absolute Gasteiger partial charge is 0.383 e. The molecule has 0 aromatic rings. The average molecular weight is 215 g/mol. The normalized spacial score (nSPS) is 21.0. The third-order valence-corrected chi connectivity index (χ3v) is 3.52. The van der Waals surface area contributed by atoms with E-state index in [9.17, 15) is 0 Å². The molecule has 0 spiro atoms. The molecule has 3 heteroatoms. The fourth-order valence-electron chi connectivity index (χ4n) is 2.35. The molecule has 3 nitrogen and oxygen atoms in total. The topological polar surface area (TPSA) is 30.5 Å². The molecule has 0 bridgehead atoms. The molecule has 90 valence electrons. The van der Waals surface area contributed by atoms with E-state index in [0.29, 0.717) is 11.5 Å². The Hall–Kier alpha value is -0.120. The van der Waals surface area contributed by atoms with Crippen molar-refractivity contribution in [1.29, 1.82) is 0 Å². The third-order valence-electron chi connectivity index (χ3n) is 3.52. The third kappa shape index (κ3) is 4.09. The average Bonchev–Trinajstić information content (AvgIpc) is 2.20. The Bertz CT molecular complexity index is 169. The van der Waals surface area contributed by atoms with E-state index < -0.39 is 0 Å². The molecule has 1 atom stereocenters. The Balaban J connectivity index is 2.20. The highest BCUT2D eigenvalue weighted by Gasteiger charge is 2.37. The maximum atomic E-state index is 5.36. The van der Waals surface area contributed by atoms with Crippen molar-refractivity contribution in [1.82, 2.24) is 5.32 Å². The Morgan fingerprint density at radius 3 is 2.53 bits per heavy atom. The van der Waals surface area contributed by atoms with E-state index in [2.05, 4.69) is 12.2 Å². The van der Waals surface area contributed by atoms with Crippen LogP contribution in [0.1, 0.15) is 32.6 Å². The molecule has 15 heavy (non-hydrogen) atoms. The fourth-order valence-corrected chi connectivity index (χ4v) is 2.35. The summed E-state index contributed by atoms with van der Waals surface area (Å²) in [5, 5.41) is 3.48. The van der Waals surface area contributed by atoms with Crippen LogP contribution in [-0.2, 0) is 9.47 Å². The van der Waals surface area contributed by atoms with E-state index in [1.54, 1.807) is 14.2 Å². The SMILES string of the molecule is COCCNCC1(CC(C)OC)CCC1. The van der Waals surface area contributed by atoms with Gasteiger partial charge in [-0.2, -0.15) is 0 Å². The van der Waals surface area contributed by atoms with Crippen LogP contribution in [0.5, 0.6) is 0 Å². The zero-order chi connectivity index (χ0) is 11.1. The Morgan fingerprint density at radius 1 is 1.33 bits per heavy atom. The van der Waals surface area contributed by atoms with Crippen molar-refractivity contribution in [2.75, 3.05) is 33.9 Å². The van der Waals surface area contributed by atoms with Gasteiger partial charge in [0.05, 0.1) is 12.7 Å². The minimum atomic E-state index is 0.384. The molecule has 1 aliphatic carbocycles. The second-order valence-corrected chi connectivity index (χ2v) is 4.77. The monoisotopic (exact) mass is 215 g/mol. The lowest BCUT2D eigenvalue weighted by molar-refractivity contribution is 0.0224. The van der Waals surface area contributed by atoms with E-state index >= 15 is 0 Å². The van der Waals surface area contributed by atoms with Gasteiger partial charge in [-0.05, 0) is 31.6 Å². The molecule has 0 radical (unpaired) electrons. The lowest BCUT2D eigenvalue weighted by atomic mass is 9.65. The molecule has 1 fully saturated rings. The van der Waals surface area contributed by atoms with Gasteiger partial charge in [0.25, 0.3) is 0 Å². The Morgan fingerprint density at radius 2 is 2.07 bits per heavy atom. The van der Waals surface area contributed by atoms with Crippen LogP contribution >= 0.6 is 0 Å². The van der Waals surface area contributed by atoms with Crippen LogP contribution in [0, 0.1) is 5.41 Å². The van der Waals surface area contributed by atoms with Gasteiger partial charge in [-0.15, -0.1) is 0 Å². The summed E-state index contributed by atoms with van der Waals surface area (Å²) in [4.78, 5) is 0. The maximum Gasteiger partial charge on any atom is 0.0587 e. The van der Waals surface area contributed by atoms with E-state index in [1.807, 2.05) is 0 Å². The summed E-state index contributed by atoms with van der Waals surface area (Å²) in [6, 6.07) is 0. The van der Waals surface area contributed by atoms with Gasteiger partial charge in [-0.1, -0.05) is 6.42 Å². The highest BCUT2D eigenvalue weighted by atomic mass is 16.5. The molecule has 0 aromatic heterocycles. The summed E-state index contributed by atoms with van der Waals surface area (Å²) in [7, 11) is 3.54. The van der Waals surface area contributed by atoms with Gasteiger partial charge < -0.3 is 14.8 Å². The van der Waals surface area contributed by atoms with Crippen LogP contribution in [0.4, 0.5) is 0 Å². The summed E-state index contributed by atoms with van der Waals surface area (Å²) in [6.07, 6.45) is 5.64. The van der Waals surface area contributed by atoms with Gasteiger partial charge in [-0.3, -0.25) is 0 Å². The summed E-state index contributed by atoms with van der Waals surface area (Å²) in [5.74, 6) is 0. The van der Waals surface area contributed by atoms with Crippen molar-refractivity contribution in [3.63, 3.8) is 0 Å². The second kappa shape index (κ2) is 6.46. The summed E-state index contributed by atoms with van der Waals surface area (Å²) in [6.45, 7) is 5.04. The molecule has 1 N–H and O–H groups in total. The van der Waals surface area contributed by atoms with Gasteiger partial charge in [-0.25, -0.2) is 0 Å². The predicted octanol–water partition coefficient (Wildman–Crippen LogP) is 1.82. The molecule has 1 saturated carbocycles. The van der Waals surface area contributed by atoms with E-state index in [1.165, 1.54) is 25.7 Å². The summed E-state index contributed by atoms with van der Waals surface area (Å²) >= 11 is 0. The molecule has 1 unspecified atom stereocenters. The zero-order valence-electron chi connectivity index (χ0n) is 10.3. The van der Waals surface area contributed by atoms with Crippen molar-refractivity contribution in [3.8, 4) is 0 Å². The van der Waals surface area contributed by atoms with Crippen LogP contribution < -0.4 is 5.32 Å². The van der Waals surface area contributed by atoms with Crippen LogP contribution in [0.3, 0.4) is 0 Å². The molecule has 0 amide bonds. The van der Waals surface area contributed by atoms with E-state index in [0.717, 1.165) is 19.7 Å². The fraction of sp³-hybridized carbons (Fsp3) is 1.00. The number of hydrogen-bond donors (Lipinski definition) is 1. The Labute approximate surface area is 93.5 Å². The first-order valence-corrected chi connectivity index (χ1v) is 5.95. The van der Waals surface area contributed by atoms with Crippen LogP contribution in [0.2, 0.25) is 0 Å². The zero-order valence-corrected chi connectivity index (χ0v) is 10.3. The highest BCUT2D eigenvalue weighted by molar-refractivity contribution is 4.90. The van der Waals surface area contributed by atoms with Crippen molar-refractivity contribution >= 4 is 0 Å². The number of hydrogen-bond acceptors (Lipinski definition) is 3. The van der Waals surface area contributed by atoms with Crippen molar-refractivity contribution in [3.05, 3.63) is 0 Å². The maximum absolute atomic E-state index is 5.36. The van der Waals surface area contributed by atoms with E-state index in [4.69, 9.17) is 9.47 Å². The molecular formula is C12H25NO2. The molecule has 0 aromatic carbocycles. The first-order valence-electron chi connectivity index (χ1n) is 5.95. The molecule has 0 saturated heterocycles. The van der Waals surface area contributed by atoms with Gasteiger partial charge in [0, 0.05) is 27.3 Å². The molecular weight excluding hydrogens is 190 g/mol. The molecule has 1 rings (SSSR count). The quantitative estimate of drug-likeness (QED) is 0.626. The van der Waals surface area contributed by atoms with E-state index in [-0.39, 0.29) is 0 Å². The standard InChI is InChI=1S/C12H25NO2/c1-11(15-3)9-12(5-4-6-12)10-13-7-8-14-2/h11,13H,4-10H2,1-3H3. The first kappa shape index (κ1) is 12.9. The first-order chi connectivity index (χ1) is 7.22. The number of nitrogens with one attached hydrogen (secondary N) is 1. The highest BCUT2D eigenvalue weighted by Crippen LogP contribution is 2.44.